The van der Waals surface area contributed by atoms with E-state index in [0.29, 0.717) is 19.6 Å². The van der Waals surface area contributed by atoms with E-state index in [1.807, 2.05) is 36.5 Å². The molecule has 0 saturated carbocycles. The van der Waals surface area contributed by atoms with Gasteiger partial charge in [0.25, 0.3) is 0 Å². The van der Waals surface area contributed by atoms with Gasteiger partial charge in [0.15, 0.2) is 0 Å². The minimum Gasteiger partial charge on any atom is -0.387 e. The summed E-state index contributed by atoms with van der Waals surface area (Å²) in [6.45, 7) is 2.58. The lowest BCUT2D eigenvalue weighted by molar-refractivity contribution is -0.123. The molecule has 0 spiro atoms. The quantitative estimate of drug-likeness (QED) is 0.455. The molecule has 1 saturated heterocycles. The molecule has 0 bridgehead atoms. The number of nitrogens with zero attached hydrogens (tertiary/aromatic N) is 2. The number of aromatic nitrogens is 1. The van der Waals surface area contributed by atoms with Crippen LogP contribution in [0, 0.1) is 0 Å². The highest BCUT2D eigenvalue weighted by Crippen LogP contribution is 2.32. The van der Waals surface area contributed by atoms with E-state index in [0.717, 1.165) is 46.0 Å². The van der Waals surface area contributed by atoms with Crippen molar-refractivity contribution in [2.45, 2.75) is 32.4 Å². The molecule has 8 nitrogen and oxygen atoms in total. The summed E-state index contributed by atoms with van der Waals surface area (Å²) in [6, 6.07) is 14.4. The minimum atomic E-state index is -3.15. The van der Waals surface area contributed by atoms with E-state index in [2.05, 4.69) is 27.8 Å². The first-order chi connectivity index (χ1) is 16.4. The zero-order valence-electron chi connectivity index (χ0n) is 19.2. The Hall–Kier alpha value is -3.01. The van der Waals surface area contributed by atoms with Crippen LogP contribution in [-0.2, 0) is 21.4 Å². The lowest BCUT2D eigenvalue weighted by atomic mass is 9.98. The molecule has 34 heavy (non-hydrogen) atoms. The summed E-state index contributed by atoms with van der Waals surface area (Å²) in [5, 5.41) is 17.2. The SMILES string of the molecule is CCS(=O)(=O)N1CCC(Nc2cc(-c3ccc(CNC(=O)CO)cc3)cc3ccncc23)CC1. The monoisotopic (exact) mass is 482 g/mol. The van der Waals surface area contributed by atoms with Gasteiger partial charge in [-0.3, -0.25) is 9.78 Å². The van der Waals surface area contributed by atoms with E-state index in [-0.39, 0.29) is 11.8 Å². The standard InChI is InChI=1S/C25H30N4O4S/c1-2-34(32,33)29-11-8-22(9-12-29)28-24-14-21(13-20-7-10-26-16-23(20)24)19-5-3-18(4-6-19)15-27-25(31)17-30/h3-7,10,13-14,16,22,28,30H,2,8-9,11-12,15,17H2,1H3,(H,27,31). The maximum atomic E-state index is 12.2. The maximum absolute atomic E-state index is 12.2. The van der Waals surface area contributed by atoms with E-state index in [1.165, 1.54) is 0 Å². The molecule has 0 radical (unpaired) electrons. The second-order valence-electron chi connectivity index (χ2n) is 8.47. The van der Waals surface area contributed by atoms with Gasteiger partial charge in [-0.25, -0.2) is 12.7 Å². The van der Waals surface area contributed by atoms with Crippen molar-refractivity contribution < 1.29 is 18.3 Å². The molecule has 180 valence electrons. The van der Waals surface area contributed by atoms with E-state index < -0.39 is 22.5 Å². The molecule has 3 N–H and O–H groups in total. The van der Waals surface area contributed by atoms with Gasteiger partial charge in [0, 0.05) is 49.1 Å². The Labute approximate surface area is 200 Å². The van der Waals surface area contributed by atoms with Crippen LogP contribution in [0.4, 0.5) is 5.69 Å². The van der Waals surface area contributed by atoms with Crippen molar-refractivity contribution in [1.29, 1.82) is 0 Å². The Kier molecular flexibility index (Phi) is 7.45. The number of hydrogen-bond donors (Lipinski definition) is 3. The van der Waals surface area contributed by atoms with Crippen LogP contribution in [-0.4, -0.2) is 60.2 Å². The van der Waals surface area contributed by atoms with Gasteiger partial charge in [-0.2, -0.15) is 0 Å². The predicted octanol–water partition coefficient (Wildman–Crippen LogP) is 2.74. The Balaban J connectivity index is 1.54. The number of carbonyl (C=O) groups is 1. The lowest BCUT2D eigenvalue weighted by Crippen LogP contribution is -2.42. The number of anilines is 1. The second-order valence-corrected chi connectivity index (χ2v) is 10.7. The number of pyridine rings is 1. The second kappa shape index (κ2) is 10.5. The van der Waals surface area contributed by atoms with E-state index in [4.69, 9.17) is 5.11 Å². The fraction of sp³-hybridized carbons (Fsp3) is 0.360. The van der Waals surface area contributed by atoms with Crippen LogP contribution in [0.2, 0.25) is 0 Å². The topological polar surface area (TPSA) is 112 Å². The van der Waals surface area contributed by atoms with Crippen molar-refractivity contribution in [2.75, 3.05) is 30.8 Å². The highest BCUT2D eigenvalue weighted by atomic mass is 32.2. The predicted molar refractivity (Wildman–Crippen MR) is 134 cm³/mol. The van der Waals surface area contributed by atoms with Gasteiger partial charge in [0.2, 0.25) is 15.9 Å². The number of fused-ring (bicyclic) bond motifs is 1. The van der Waals surface area contributed by atoms with Crippen LogP contribution >= 0.6 is 0 Å². The van der Waals surface area contributed by atoms with Crippen molar-refractivity contribution in [3.8, 4) is 11.1 Å². The van der Waals surface area contributed by atoms with Crippen molar-refractivity contribution in [3.05, 3.63) is 60.4 Å². The first-order valence-electron chi connectivity index (χ1n) is 11.5. The molecule has 1 fully saturated rings. The first kappa shape index (κ1) is 24.1. The number of amides is 1. The number of nitrogens with one attached hydrogen (secondary N) is 2. The fourth-order valence-electron chi connectivity index (χ4n) is 4.24. The third-order valence-electron chi connectivity index (χ3n) is 6.25. The summed E-state index contributed by atoms with van der Waals surface area (Å²) in [4.78, 5) is 15.6. The number of carbonyl (C=O) groups excluding carboxylic acids is 1. The summed E-state index contributed by atoms with van der Waals surface area (Å²) in [5.74, 6) is -0.267. The van der Waals surface area contributed by atoms with Crippen LogP contribution in [0.5, 0.6) is 0 Å². The van der Waals surface area contributed by atoms with Crippen LogP contribution in [0.25, 0.3) is 21.9 Å². The zero-order chi connectivity index (χ0) is 24.1. The van der Waals surface area contributed by atoms with Gasteiger partial charge in [0.1, 0.15) is 6.61 Å². The van der Waals surface area contributed by atoms with Crippen LogP contribution in [0.15, 0.2) is 54.9 Å². The van der Waals surface area contributed by atoms with Gasteiger partial charge >= 0.3 is 0 Å². The zero-order valence-corrected chi connectivity index (χ0v) is 20.0. The summed E-state index contributed by atoms with van der Waals surface area (Å²) in [6.07, 6.45) is 5.13. The Morgan fingerprint density at radius 3 is 2.53 bits per heavy atom. The largest absolute Gasteiger partial charge is 0.387 e. The lowest BCUT2D eigenvalue weighted by Gasteiger charge is -2.32. The minimum absolute atomic E-state index is 0.135. The Morgan fingerprint density at radius 1 is 1.12 bits per heavy atom. The van der Waals surface area contributed by atoms with Gasteiger partial charge < -0.3 is 15.7 Å². The van der Waals surface area contributed by atoms with Crippen LogP contribution < -0.4 is 10.6 Å². The molecule has 4 rings (SSSR count). The van der Waals surface area contributed by atoms with Gasteiger partial charge in [-0.15, -0.1) is 0 Å². The van der Waals surface area contributed by atoms with Gasteiger partial charge in [-0.05, 0) is 60.0 Å². The number of benzene rings is 2. The molecular formula is C25H30N4O4S. The third kappa shape index (κ3) is 5.55. The molecular weight excluding hydrogens is 452 g/mol. The molecule has 1 aromatic heterocycles. The van der Waals surface area contributed by atoms with E-state index in [9.17, 15) is 13.2 Å². The first-order valence-corrected chi connectivity index (χ1v) is 13.1. The highest BCUT2D eigenvalue weighted by Gasteiger charge is 2.26. The average Bonchev–Trinajstić information content (AvgIpc) is 2.87. The molecule has 2 heterocycles. The number of aliphatic hydroxyl groups excluding tert-OH is 1. The Bertz CT molecular complexity index is 1250. The molecule has 3 aromatic rings. The van der Waals surface area contributed by atoms with Crippen LogP contribution in [0.1, 0.15) is 25.3 Å². The van der Waals surface area contributed by atoms with E-state index in [1.54, 1.807) is 17.4 Å². The maximum Gasteiger partial charge on any atom is 0.245 e. The fourth-order valence-corrected chi connectivity index (χ4v) is 5.37. The van der Waals surface area contributed by atoms with Gasteiger partial charge in [0.05, 0.1) is 5.75 Å². The van der Waals surface area contributed by atoms with Crippen molar-refractivity contribution in [1.82, 2.24) is 14.6 Å². The summed E-state index contributed by atoms with van der Waals surface area (Å²) in [5.41, 5.74) is 4.03. The molecule has 1 aliphatic rings. The Morgan fingerprint density at radius 2 is 1.85 bits per heavy atom. The highest BCUT2D eigenvalue weighted by molar-refractivity contribution is 7.89. The van der Waals surface area contributed by atoms with Crippen molar-refractivity contribution in [3.63, 3.8) is 0 Å². The average molecular weight is 483 g/mol. The number of aliphatic hydroxyl groups is 1. The number of rotatable bonds is 8. The molecule has 1 amide bonds. The molecule has 2 aromatic carbocycles. The van der Waals surface area contributed by atoms with Gasteiger partial charge in [-0.1, -0.05) is 24.3 Å². The van der Waals surface area contributed by atoms with E-state index >= 15 is 0 Å². The molecule has 0 atom stereocenters. The molecule has 1 aliphatic heterocycles. The molecule has 0 aliphatic carbocycles. The smallest absolute Gasteiger partial charge is 0.245 e. The van der Waals surface area contributed by atoms with Crippen LogP contribution in [0.3, 0.4) is 0 Å². The van der Waals surface area contributed by atoms with Crippen molar-refractivity contribution in [2.24, 2.45) is 0 Å². The summed E-state index contributed by atoms with van der Waals surface area (Å²) in [7, 11) is -3.15. The molecule has 9 heteroatoms. The summed E-state index contributed by atoms with van der Waals surface area (Å²) >= 11 is 0. The number of sulfonamides is 1. The number of hydrogen-bond acceptors (Lipinski definition) is 6. The molecule has 0 unspecified atom stereocenters. The third-order valence-corrected chi connectivity index (χ3v) is 8.13. The number of piperidine rings is 1. The van der Waals surface area contributed by atoms with Crippen molar-refractivity contribution >= 4 is 32.4 Å². The summed E-state index contributed by atoms with van der Waals surface area (Å²) < 4.78 is 25.9. The normalized spacial score (nSPS) is 15.4.